The molecule has 2 aromatic carbocycles. The standard InChI is InChI=1S/C21H21FN2O/c1-14-8-9-18-16(12-14)20(2,3)21(23-19(25)13-24(18)21)11-10-15-6-4-5-7-17(15)22/h4-12H,13H2,1-3H3,(H,23,25). The largest absolute Gasteiger partial charge is 0.335 e. The first-order chi connectivity index (χ1) is 11.8. The predicted molar refractivity (Wildman–Crippen MR) is 97.9 cm³/mol. The van der Waals surface area contributed by atoms with Crippen LogP contribution >= 0.6 is 0 Å². The lowest BCUT2D eigenvalue weighted by atomic mass is 9.75. The molecule has 1 amide bonds. The van der Waals surface area contributed by atoms with E-state index >= 15 is 0 Å². The van der Waals surface area contributed by atoms with Gasteiger partial charge in [-0.05, 0) is 30.7 Å². The van der Waals surface area contributed by atoms with Gasteiger partial charge in [0.25, 0.3) is 0 Å². The number of aryl methyl sites for hydroxylation is 1. The van der Waals surface area contributed by atoms with Crippen LogP contribution in [-0.2, 0) is 10.2 Å². The van der Waals surface area contributed by atoms with Gasteiger partial charge in [0, 0.05) is 16.7 Å². The highest BCUT2D eigenvalue weighted by atomic mass is 19.1. The molecule has 4 rings (SSSR count). The highest BCUT2D eigenvalue weighted by molar-refractivity contribution is 5.91. The number of anilines is 1. The fourth-order valence-corrected chi connectivity index (χ4v) is 4.11. The van der Waals surface area contributed by atoms with Crippen molar-refractivity contribution in [3.05, 3.63) is 71.0 Å². The number of nitrogens with one attached hydrogen (secondary N) is 1. The Balaban J connectivity index is 1.87. The Morgan fingerprint density at radius 1 is 1.20 bits per heavy atom. The van der Waals surface area contributed by atoms with Gasteiger partial charge in [0.05, 0.1) is 6.54 Å². The third kappa shape index (κ3) is 2.13. The molecule has 128 valence electrons. The molecule has 25 heavy (non-hydrogen) atoms. The van der Waals surface area contributed by atoms with Crippen molar-refractivity contribution in [1.82, 2.24) is 5.32 Å². The summed E-state index contributed by atoms with van der Waals surface area (Å²) in [4.78, 5) is 14.3. The topological polar surface area (TPSA) is 32.3 Å². The van der Waals surface area contributed by atoms with Crippen LogP contribution in [0.4, 0.5) is 10.1 Å². The molecule has 0 aliphatic carbocycles. The summed E-state index contributed by atoms with van der Waals surface area (Å²) >= 11 is 0. The molecule has 1 unspecified atom stereocenters. The number of carbonyl (C=O) groups excluding carboxylic acids is 1. The number of benzene rings is 2. The molecule has 0 saturated carbocycles. The minimum Gasteiger partial charge on any atom is -0.335 e. The number of hydrogen-bond acceptors (Lipinski definition) is 2. The number of halogens is 1. The van der Waals surface area contributed by atoms with Gasteiger partial charge in [0.2, 0.25) is 5.91 Å². The van der Waals surface area contributed by atoms with E-state index in [4.69, 9.17) is 0 Å². The molecule has 4 heteroatoms. The molecule has 0 radical (unpaired) electrons. The summed E-state index contributed by atoms with van der Waals surface area (Å²) in [5, 5.41) is 3.15. The Bertz CT molecular complexity index is 903. The Hall–Kier alpha value is -2.62. The van der Waals surface area contributed by atoms with Crippen molar-refractivity contribution in [2.24, 2.45) is 0 Å². The fraction of sp³-hybridized carbons (Fsp3) is 0.286. The lowest BCUT2D eigenvalue weighted by Crippen LogP contribution is -2.58. The molecule has 0 bridgehead atoms. The SMILES string of the molecule is Cc1ccc2c(c1)C(C)(C)C1(C=Cc3ccccc3F)NC(=O)CN21. The van der Waals surface area contributed by atoms with Crippen molar-refractivity contribution in [2.75, 3.05) is 11.4 Å². The van der Waals surface area contributed by atoms with Crippen LogP contribution in [0.25, 0.3) is 6.08 Å². The van der Waals surface area contributed by atoms with E-state index in [9.17, 15) is 9.18 Å². The molecule has 2 heterocycles. The minimum absolute atomic E-state index is 0.0162. The molecule has 0 aromatic heterocycles. The van der Waals surface area contributed by atoms with Gasteiger partial charge in [-0.25, -0.2) is 4.39 Å². The highest BCUT2D eigenvalue weighted by Gasteiger charge is 2.59. The van der Waals surface area contributed by atoms with Gasteiger partial charge in [0.15, 0.2) is 0 Å². The van der Waals surface area contributed by atoms with Crippen molar-refractivity contribution in [3.63, 3.8) is 0 Å². The Morgan fingerprint density at radius 3 is 2.72 bits per heavy atom. The smallest absolute Gasteiger partial charge is 0.241 e. The van der Waals surface area contributed by atoms with Gasteiger partial charge >= 0.3 is 0 Å². The van der Waals surface area contributed by atoms with Crippen LogP contribution < -0.4 is 10.2 Å². The Morgan fingerprint density at radius 2 is 1.96 bits per heavy atom. The van der Waals surface area contributed by atoms with Gasteiger partial charge in [-0.15, -0.1) is 0 Å². The fourth-order valence-electron chi connectivity index (χ4n) is 4.11. The van der Waals surface area contributed by atoms with Crippen molar-refractivity contribution in [3.8, 4) is 0 Å². The van der Waals surface area contributed by atoms with Crippen molar-refractivity contribution < 1.29 is 9.18 Å². The lowest BCUT2D eigenvalue weighted by Gasteiger charge is -2.40. The zero-order valence-corrected chi connectivity index (χ0v) is 14.6. The second-order valence-electron chi connectivity index (χ2n) is 7.40. The number of amides is 1. The highest BCUT2D eigenvalue weighted by Crippen LogP contribution is 2.53. The molecule has 1 saturated heterocycles. The van der Waals surface area contributed by atoms with E-state index in [1.807, 2.05) is 12.1 Å². The normalized spacial score (nSPS) is 23.7. The Labute approximate surface area is 147 Å². The zero-order chi connectivity index (χ0) is 17.8. The third-order valence-electron chi connectivity index (χ3n) is 5.54. The first kappa shape index (κ1) is 15.9. The summed E-state index contributed by atoms with van der Waals surface area (Å²) in [7, 11) is 0. The van der Waals surface area contributed by atoms with Crippen LogP contribution in [-0.4, -0.2) is 18.1 Å². The van der Waals surface area contributed by atoms with Crippen LogP contribution in [0, 0.1) is 12.7 Å². The molecule has 3 nitrogen and oxygen atoms in total. The van der Waals surface area contributed by atoms with Gasteiger partial charge in [-0.1, -0.05) is 55.8 Å². The maximum Gasteiger partial charge on any atom is 0.241 e. The summed E-state index contributed by atoms with van der Waals surface area (Å²) in [6.45, 7) is 6.63. The van der Waals surface area contributed by atoms with Gasteiger partial charge < -0.3 is 10.2 Å². The summed E-state index contributed by atoms with van der Waals surface area (Å²) in [6, 6.07) is 13.0. The molecule has 1 fully saturated rings. The van der Waals surface area contributed by atoms with Crippen LogP contribution in [0.15, 0.2) is 48.5 Å². The maximum absolute atomic E-state index is 14.0. The molecule has 2 aromatic rings. The number of fused-ring (bicyclic) bond motifs is 3. The van der Waals surface area contributed by atoms with Crippen molar-refractivity contribution in [1.29, 1.82) is 0 Å². The summed E-state index contributed by atoms with van der Waals surface area (Å²) < 4.78 is 14.0. The van der Waals surface area contributed by atoms with Crippen LogP contribution in [0.1, 0.15) is 30.5 Å². The minimum atomic E-state index is -0.692. The number of nitrogens with zero attached hydrogens (tertiary/aromatic N) is 1. The first-order valence-electron chi connectivity index (χ1n) is 8.49. The number of rotatable bonds is 2. The van der Waals surface area contributed by atoms with Crippen LogP contribution in [0.3, 0.4) is 0 Å². The maximum atomic E-state index is 14.0. The first-order valence-corrected chi connectivity index (χ1v) is 8.49. The van der Waals surface area contributed by atoms with E-state index in [1.54, 1.807) is 18.2 Å². The molecular weight excluding hydrogens is 315 g/mol. The average molecular weight is 336 g/mol. The van der Waals surface area contributed by atoms with Crippen molar-refractivity contribution >= 4 is 17.7 Å². The van der Waals surface area contributed by atoms with E-state index in [0.29, 0.717) is 12.1 Å². The van der Waals surface area contributed by atoms with Gasteiger partial charge in [-0.3, -0.25) is 4.79 Å². The molecule has 2 aliphatic rings. The van der Waals surface area contributed by atoms with Crippen molar-refractivity contribution in [2.45, 2.75) is 31.8 Å². The van der Waals surface area contributed by atoms with Crippen LogP contribution in [0.2, 0.25) is 0 Å². The lowest BCUT2D eigenvalue weighted by molar-refractivity contribution is -0.118. The zero-order valence-electron chi connectivity index (χ0n) is 14.6. The Kier molecular flexibility index (Phi) is 3.29. The molecule has 0 spiro atoms. The summed E-state index contributed by atoms with van der Waals surface area (Å²) in [6.07, 6.45) is 3.71. The predicted octanol–water partition coefficient (Wildman–Crippen LogP) is 3.77. The second kappa shape index (κ2) is 5.19. The quantitative estimate of drug-likeness (QED) is 0.905. The van der Waals surface area contributed by atoms with E-state index in [2.05, 4.69) is 49.2 Å². The monoisotopic (exact) mass is 336 g/mol. The molecular formula is C21H21FN2O. The summed E-state index contributed by atoms with van der Waals surface area (Å²) in [5.74, 6) is -0.285. The van der Waals surface area contributed by atoms with Gasteiger partial charge in [0.1, 0.15) is 11.5 Å². The molecule has 2 aliphatic heterocycles. The van der Waals surface area contributed by atoms with Gasteiger partial charge in [-0.2, -0.15) is 0 Å². The molecule has 1 N–H and O–H groups in total. The van der Waals surface area contributed by atoms with E-state index in [0.717, 1.165) is 5.69 Å². The number of hydrogen-bond donors (Lipinski definition) is 1. The van der Waals surface area contributed by atoms with E-state index < -0.39 is 5.66 Å². The van der Waals surface area contributed by atoms with Crippen LogP contribution in [0.5, 0.6) is 0 Å². The second-order valence-corrected chi connectivity index (χ2v) is 7.40. The van der Waals surface area contributed by atoms with E-state index in [1.165, 1.54) is 17.2 Å². The summed E-state index contributed by atoms with van der Waals surface area (Å²) in [5.41, 5.74) is 2.93. The number of carbonyl (C=O) groups is 1. The third-order valence-corrected chi connectivity index (χ3v) is 5.54. The van der Waals surface area contributed by atoms with E-state index in [-0.39, 0.29) is 17.1 Å². The average Bonchev–Trinajstić information content (AvgIpc) is 2.99. The molecule has 1 atom stereocenters.